The zero-order valence-corrected chi connectivity index (χ0v) is 9.16. The average Bonchev–Trinajstić information content (AvgIpc) is 2.16. The minimum absolute atomic E-state index is 0.221. The summed E-state index contributed by atoms with van der Waals surface area (Å²) in [5.74, 6) is -2.83. The van der Waals surface area contributed by atoms with Gasteiger partial charge in [-0.05, 0) is 0 Å². The van der Waals surface area contributed by atoms with Gasteiger partial charge >= 0.3 is 5.97 Å². The molecule has 0 rings (SSSR count). The minimum Gasteiger partial charge on any atom is -0.477 e. The van der Waals surface area contributed by atoms with Crippen LogP contribution in [0.2, 0.25) is 0 Å². The van der Waals surface area contributed by atoms with Crippen molar-refractivity contribution in [1.82, 2.24) is 10.6 Å². The lowest BCUT2D eigenvalue weighted by atomic mass is 10.2. The molecule has 0 fully saturated rings. The predicted octanol–water partition coefficient (Wildman–Crippen LogP) is -0.0132. The van der Waals surface area contributed by atoms with Crippen LogP contribution in [-0.2, 0) is 14.4 Å². The topological polar surface area (TPSA) is 95.5 Å². The number of carboxylic acids is 1. The summed E-state index contributed by atoms with van der Waals surface area (Å²) in [5.41, 5.74) is -0.703. The van der Waals surface area contributed by atoms with E-state index in [0.29, 0.717) is 0 Å². The highest BCUT2D eigenvalue weighted by molar-refractivity contribution is 6.01. The monoisotopic (exact) mass is 226 g/mol. The second kappa shape index (κ2) is 5.69. The van der Waals surface area contributed by atoms with Crippen molar-refractivity contribution in [3.63, 3.8) is 0 Å². The summed E-state index contributed by atoms with van der Waals surface area (Å²) < 4.78 is 0. The molecule has 2 amide bonds. The van der Waals surface area contributed by atoms with Gasteiger partial charge < -0.3 is 15.7 Å². The maximum absolute atomic E-state index is 11.3. The Labute approximate surface area is 93.0 Å². The molecular formula is C10H14N2O4. The molecule has 0 aliphatic rings. The normalized spacial score (nSPS) is 9.44. The van der Waals surface area contributed by atoms with E-state index in [2.05, 4.69) is 18.5 Å². The van der Waals surface area contributed by atoms with Crippen LogP contribution in [0.5, 0.6) is 0 Å². The molecule has 0 aromatic carbocycles. The Morgan fingerprint density at radius 1 is 1.06 bits per heavy atom. The molecule has 6 nitrogen and oxygen atoms in total. The molecule has 0 aliphatic carbocycles. The second-order valence-electron chi connectivity index (χ2n) is 3.36. The summed E-state index contributed by atoms with van der Waals surface area (Å²) in [6, 6.07) is 0. The molecule has 0 heterocycles. The number of rotatable bonds is 5. The van der Waals surface area contributed by atoms with Gasteiger partial charge in [0.2, 0.25) is 5.91 Å². The van der Waals surface area contributed by atoms with Crippen molar-refractivity contribution in [1.29, 1.82) is 0 Å². The molecule has 88 valence electrons. The Hall–Kier alpha value is -2.11. The van der Waals surface area contributed by atoms with Gasteiger partial charge in [-0.3, -0.25) is 9.59 Å². The third-order valence-corrected chi connectivity index (χ3v) is 1.60. The van der Waals surface area contributed by atoms with E-state index >= 15 is 0 Å². The summed E-state index contributed by atoms with van der Waals surface area (Å²) in [4.78, 5) is 32.8. The molecule has 0 aromatic heterocycles. The molecular weight excluding hydrogens is 212 g/mol. The van der Waals surface area contributed by atoms with E-state index in [1.54, 1.807) is 13.8 Å². The van der Waals surface area contributed by atoms with Gasteiger partial charge in [-0.15, -0.1) is 0 Å². The number of carbonyl (C=O) groups excluding carboxylic acids is 2. The molecule has 0 saturated carbocycles. The lowest BCUT2D eigenvalue weighted by Crippen LogP contribution is -2.36. The summed E-state index contributed by atoms with van der Waals surface area (Å²) >= 11 is 0. The number of hydrogen-bond acceptors (Lipinski definition) is 3. The smallest absolute Gasteiger partial charge is 0.351 e. The molecule has 0 spiro atoms. The van der Waals surface area contributed by atoms with Crippen molar-refractivity contribution < 1.29 is 19.5 Å². The molecule has 3 N–H and O–H groups in total. The van der Waals surface area contributed by atoms with Crippen molar-refractivity contribution in [3.05, 3.63) is 24.6 Å². The van der Waals surface area contributed by atoms with E-state index in [1.807, 2.05) is 5.32 Å². The highest BCUT2D eigenvalue weighted by Crippen LogP contribution is 1.95. The fraction of sp³-hybridized carbons (Fsp3) is 0.300. The van der Waals surface area contributed by atoms with Crippen molar-refractivity contribution in [2.45, 2.75) is 13.8 Å². The Kier molecular flexibility index (Phi) is 4.94. The first-order chi connectivity index (χ1) is 7.25. The molecule has 0 aromatic rings. The van der Waals surface area contributed by atoms with E-state index < -0.39 is 17.6 Å². The fourth-order valence-electron chi connectivity index (χ4n) is 0.616. The fourth-order valence-corrected chi connectivity index (χ4v) is 0.616. The van der Waals surface area contributed by atoms with Crippen molar-refractivity contribution in [3.8, 4) is 0 Å². The number of nitrogens with one attached hydrogen (secondary N) is 2. The molecule has 0 unspecified atom stereocenters. The van der Waals surface area contributed by atoms with Gasteiger partial charge in [0, 0.05) is 5.92 Å². The van der Waals surface area contributed by atoms with Crippen LogP contribution < -0.4 is 10.6 Å². The van der Waals surface area contributed by atoms with Gasteiger partial charge in [0.05, 0.1) is 5.70 Å². The van der Waals surface area contributed by atoms with Crippen LogP contribution in [0, 0.1) is 5.92 Å². The second-order valence-corrected chi connectivity index (χ2v) is 3.36. The van der Waals surface area contributed by atoms with Crippen LogP contribution in [0.1, 0.15) is 13.8 Å². The summed E-state index contributed by atoms with van der Waals surface area (Å²) in [7, 11) is 0. The Morgan fingerprint density at radius 3 is 1.94 bits per heavy atom. The predicted molar refractivity (Wildman–Crippen MR) is 57.0 cm³/mol. The highest BCUT2D eigenvalue weighted by atomic mass is 16.4. The molecule has 6 heteroatoms. The lowest BCUT2D eigenvalue weighted by Gasteiger charge is -2.10. The van der Waals surface area contributed by atoms with Gasteiger partial charge in [-0.1, -0.05) is 27.0 Å². The summed E-state index contributed by atoms with van der Waals surface area (Å²) in [6.07, 6.45) is 0. The third kappa shape index (κ3) is 4.41. The van der Waals surface area contributed by atoms with Gasteiger partial charge in [0.1, 0.15) is 5.70 Å². The van der Waals surface area contributed by atoms with E-state index in [-0.39, 0.29) is 17.5 Å². The Morgan fingerprint density at radius 2 is 1.56 bits per heavy atom. The maximum Gasteiger partial charge on any atom is 0.351 e. The van der Waals surface area contributed by atoms with E-state index in [4.69, 9.17) is 5.11 Å². The minimum atomic E-state index is -1.35. The number of carbonyl (C=O) groups is 3. The largest absolute Gasteiger partial charge is 0.477 e. The SMILES string of the molecule is C=C(NC(=O)C(=C)NC(=O)C(C)C)C(=O)O. The maximum atomic E-state index is 11.3. The van der Waals surface area contributed by atoms with Gasteiger partial charge in [-0.2, -0.15) is 0 Å². The first kappa shape index (κ1) is 13.9. The first-order valence-electron chi connectivity index (χ1n) is 4.49. The highest BCUT2D eigenvalue weighted by Gasteiger charge is 2.15. The van der Waals surface area contributed by atoms with E-state index in [1.165, 1.54) is 0 Å². The zero-order chi connectivity index (χ0) is 12.9. The third-order valence-electron chi connectivity index (χ3n) is 1.60. The molecule has 0 atom stereocenters. The van der Waals surface area contributed by atoms with Crippen LogP contribution in [0.4, 0.5) is 0 Å². The number of amides is 2. The molecule has 16 heavy (non-hydrogen) atoms. The van der Waals surface area contributed by atoms with Gasteiger partial charge in [0.25, 0.3) is 5.91 Å². The molecule has 0 saturated heterocycles. The molecule has 0 aliphatic heterocycles. The zero-order valence-electron chi connectivity index (χ0n) is 9.16. The van der Waals surface area contributed by atoms with Crippen LogP contribution in [0.3, 0.4) is 0 Å². The average molecular weight is 226 g/mol. The number of aliphatic carboxylic acids is 1. The number of carboxylic acid groups (broad SMARTS) is 1. The summed E-state index contributed by atoms with van der Waals surface area (Å²) in [5, 5.41) is 12.7. The van der Waals surface area contributed by atoms with Crippen molar-refractivity contribution in [2.24, 2.45) is 5.92 Å². The molecule has 0 radical (unpaired) electrons. The van der Waals surface area contributed by atoms with Crippen molar-refractivity contribution in [2.75, 3.05) is 0 Å². The molecule has 0 bridgehead atoms. The standard InChI is InChI=1S/C10H14N2O4/c1-5(2)8(13)11-6(3)9(14)12-7(4)10(15)16/h5H,3-4H2,1-2H3,(H,11,13)(H,12,14)(H,15,16). The summed E-state index contributed by atoms with van der Waals surface area (Å²) in [6.45, 7) is 9.72. The van der Waals surface area contributed by atoms with Gasteiger partial charge in [-0.25, -0.2) is 4.79 Å². The van der Waals surface area contributed by atoms with Gasteiger partial charge in [0.15, 0.2) is 0 Å². The van der Waals surface area contributed by atoms with Crippen LogP contribution in [-0.4, -0.2) is 22.9 Å². The first-order valence-corrected chi connectivity index (χ1v) is 4.49. The van der Waals surface area contributed by atoms with E-state index in [9.17, 15) is 14.4 Å². The Bertz CT molecular complexity index is 358. The van der Waals surface area contributed by atoms with Crippen molar-refractivity contribution >= 4 is 17.8 Å². The van der Waals surface area contributed by atoms with Crippen LogP contribution >= 0.6 is 0 Å². The lowest BCUT2D eigenvalue weighted by molar-refractivity contribution is -0.134. The number of hydrogen-bond donors (Lipinski definition) is 3. The van der Waals surface area contributed by atoms with Crippen LogP contribution in [0.15, 0.2) is 24.6 Å². The van der Waals surface area contributed by atoms with E-state index in [0.717, 1.165) is 0 Å². The Balaban J connectivity index is 4.31. The quantitative estimate of drug-likeness (QED) is 0.574. The van der Waals surface area contributed by atoms with Crippen LogP contribution in [0.25, 0.3) is 0 Å².